The highest BCUT2D eigenvalue weighted by molar-refractivity contribution is 7.85. The quantitative estimate of drug-likeness (QED) is 0.368. The van der Waals surface area contributed by atoms with E-state index in [-0.39, 0.29) is 19.8 Å². The number of rotatable bonds is 6. The summed E-state index contributed by atoms with van der Waals surface area (Å²) in [5.74, 6) is 0. The summed E-state index contributed by atoms with van der Waals surface area (Å²) in [6.07, 6.45) is 2.64. The lowest BCUT2D eigenvalue weighted by Gasteiger charge is -2.10. The van der Waals surface area contributed by atoms with Crippen LogP contribution in [0.3, 0.4) is 0 Å². The van der Waals surface area contributed by atoms with Crippen molar-refractivity contribution in [1.82, 2.24) is 0 Å². The molecule has 0 aliphatic rings. The van der Waals surface area contributed by atoms with E-state index in [1.54, 1.807) is 6.26 Å². The number of hydrogen-bond acceptors (Lipinski definition) is 7. The molecule has 0 bridgehead atoms. The predicted octanol–water partition coefficient (Wildman–Crippen LogP) is 2.96. The van der Waals surface area contributed by atoms with Gasteiger partial charge in [-0.2, -0.15) is 8.42 Å². The molecule has 0 atom stereocenters. The average molecular weight is 380 g/mol. The van der Waals surface area contributed by atoms with Gasteiger partial charge in [0.15, 0.2) is 0 Å². The van der Waals surface area contributed by atoms with E-state index in [4.69, 9.17) is 13.6 Å². The molecule has 0 aliphatic carbocycles. The molecular weight excluding hydrogens is 360 g/mol. The van der Waals surface area contributed by atoms with Crippen molar-refractivity contribution < 1.29 is 26.2 Å². The number of hydrogen-bond donors (Lipinski definition) is 0. The van der Waals surface area contributed by atoms with Gasteiger partial charge in [-0.05, 0) is 38.0 Å². The molecule has 0 spiro atoms. The average Bonchev–Trinajstić information content (AvgIpc) is 2.92. The largest absolute Gasteiger partial charge is 0.464 e. The maximum absolute atomic E-state index is 12.4. The summed E-state index contributed by atoms with van der Waals surface area (Å²) in [6, 6.07) is 1.95. The fraction of sp³-hybridized carbons (Fsp3) is 0.389. The minimum atomic E-state index is -3.51. The SMILES string of the molecule is Cc1coc2c(C)c3oc(=O)c(COCCOS(C)(=O)=O)c(C)c3cc12. The van der Waals surface area contributed by atoms with Crippen molar-refractivity contribution in [3.05, 3.63) is 45.0 Å². The Bertz CT molecular complexity index is 1140. The van der Waals surface area contributed by atoms with Gasteiger partial charge >= 0.3 is 5.63 Å². The molecular formula is C18H20O7S. The summed E-state index contributed by atoms with van der Waals surface area (Å²) < 4.78 is 42.9. The van der Waals surface area contributed by atoms with Crippen molar-refractivity contribution in [1.29, 1.82) is 0 Å². The Morgan fingerprint density at radius 3 is 2.46 bits per heavy atom. The highest BCUT2D eigenvalue weighted by Crippen LogP contribution is 2.32. The number of aryl methyl sites for hydroxylation is 3. The van der Waals surface area contributed by atoms with Crippen LogP contribution >= 0.6 is 0 Å². The topological polar surface area (TPSA) is 95.9 Å². The molecule has 3 aromatic rings. The van der Waals surface area contributed by atoms with Gasteiger partial charge in [-0.25, -0.2) is 4.79 Å². The molecule has 8 heteroatoms. The van der Waals surface area contributed by atoms with Crippen LogP contribution < -0.4 is 5.63 Å². The molecule has 0 fully saturated rings. The summed E-state index contributed by atoms with van der Waals surface area (Å²) in [5, 5.41) is 1.80. The summed E-state index contributed by atoms with van der Waals surface area (Å²) in [7, 11) is -3.51. The van der Waals surface area contributed by atoms with Crippen LogP contribution in [0.15, 0.2) is 26.0 Å². The standard InChI is InChI=1S/C18H20O7S/c1-10-8-23-16-12(3)17-14(7-13(10)16)11(2)15(18(19)25-17)9-22-5-6-24-26(4,20)21/h7-8H,5-6,9H2,1-4H3. The van der Waals surface area contributed by atoms with Crippen LogP contribution in [0.25, 0.3) is 21.9 Å². The fourth-order valence-electron chi connectivity index (χ4n) is 2.90. The summed E-state index contributed by atoms with van der Waals surface area (Å²) in [5.41, 5.74) is 3.68. The molecule has 1 aromatic carbocycles. The number of fused-ring (bicyclic) bond motifs is 2. The Labute approximate surface area is 150 Å². The Morgan fingerprint density at radius 2 is 1.77 bits per heavy atom. The minimum Gasteiger partial charge on any atom is -0.464 e. The Balaban J connectivity index is 1.93. The van der Waals surface area contributed by atoms with E-state index in [0.717, 1.165) is 33.7 Å². The van der Waals surface area contributed by atoms with Gasteiger partial charge in [-0.1, -0.05) is 0 Å². The van der Waals surface area contributed by atoms with Crippen molar-refractivity contribution in [3.63, 3.8) is 0 Å². The zero-order chi connectivity index (χ0) is 19.1. The number of furan rings is 1. The van der Waals surface area contributed by atoms with E-state index >= 15 is 0 Å². The van der Waals surface area contributed by atoms with Gasteiger partial charge in [0.25, 0.3) is 10.1 Å². The predicted molar refractivity (Wildman–Crippen MR) is 96.9 cm³/mol. The van der Waals surface area contributed by atoms with E-state index in [0.29, 0.717) is 16.7 Å². The first-order valence-corrected chi connectivity index (χ1v) is 9.86. The van der Waals surface area contributed by atoms with Gasteiger partial charge in [-0.15, -0.1) is 0 Å². The molecule has 0 saturated heterocycles. The van der Waals surface area contributed by atoms with Crippen molar-refractivity contribution in [3.8, 4) is 0 Å². The maximum atomic E-state index is 12.4. The van der Waals surface area contributed by atoms with Crippen LogP contribution in [0, 0.1) is 20.8 Å². The Hall–Kier alpha value is -2.16. The molecule has 0 amide bonds. The summed E-state index contributed by atoms with van der Waals surface area (Å²) >= 11 is 0. The van der Waals surface area contributed by atoms with Gasteiger partial charge in [0.05, 0.1) is 37.9 Å². The maximum Gasteiger partial charge on any atom is 0.342 e. The number of ether oxygens (including phenoxy) is 1. The van der Waals surface area contributed by atoms with Crippen LogP contribution in [0.2, 0.25) is 0 Å². The van der Waals surface area contributed by atoms with Crippen LogP contribution in [-0.4, -0.2) is 27.9 Å². The first kappa shape index (κ1) is 18.6. The van der Waals surface area contributed by atoms with Crippen molar-refractivity contribution in [2.24, 2.45) is 0 Å². The fourth-order valence-corrected chi connectivity index (χ4v) is 3.27. The highest BCUT2D eigenvalue weighted by Gasteiger charge is 2.17. The molecule has 26 heavy (non-hydrogen) atoms. The third kappa shape index (κ3) is 3.53. The van der Waals surface area contributed by atoms with E-state index in [1.165, 1.54) is 0 Å². The normalized spacial score (nSPS) is 12.3. The molecule has 0 N–H and O–H groups in total. The van der Waals surface area contributed by atoms with Crippen LogP contribution in [0.1, 0.15) is 22.3 Å². The number of benzene rings is 1. The van der Waals surface area contributed by atoms with Crippen molar-refractivity contribution in [2.75, 3.05) is 19.5 Å². The Kier molecular flexibility index (Phi) is 4.92. The molecule has 7 nitrogen and oxygen atoms in total. The van der Waals surface area contributed by atoms with Gasteiger partial charge in [-0.3, -0.25) is 4.18 Å². The monoisotopic (exact) mass is 380 g/mol. The smallest absolute Gasteiger partial charge is 0.342 e. The second-order valence-corrected chi connectivity index (χ2v) is 7.89. The van der Waals surface area contributed by atoms with Crippen LogP contribution in [-0.2, 0) is 25.6 Å². The van der Waals surface area contributed by atoms with Gasteiger partial charge in [0, 0.05) is 16.3 Å². The molecule has 3 rings (SSSR count). The van der Waals surface area contributed by atoms with E-state index in [2.05, 4.69) is 4.18 Å². The second-order valence-electron chi connectivity index (χ2n) is 6.25. The van der Waals surface area contributed by atoms with E-state index in [1.807, 2.05) is 26.8 Å². The molecule has 0 aliphatic heterocycles. The summed E-state index contributed by atoms with van der Waals surface area (Å²) in [6.45, 7) is 5.60. The molecule has 0 unspecified atom stereocenters. The molecule has 0 radical (unpaired) electrons. The van der Waals surface area contributed by atoms with Crippen LogP contribution in [0.5, 0.6) is 0 Å². The Morgan fingerprint density at radius 1 is 1.04 bits per heavy atom. The van der Waals surface area contributed by atoms with Crippen molar-refractivity contribution in [2.45, 2.75) is 27.4 Å². The first-order chi connectivity index (χ1) is 12.2. The summed E-state index contributed by atoms with van der Waals surface area (Å²) in [4.78, 5) is 12.4. The molecule has 140 valence electrons. The van der Waals surface area contributed by atoms with E-state index in [9.17, 15) is 13.2 Å². The lowest BCUT2D eigenvalue weighted by atomic mass is 10.0. The van der Waals surface area contributed by atoms with Crippen molar-refractivity contribution >= 4 is 32.1 Å². The van der Waals surface area contributed by atoms with Crippen LogP contribution in [0.4, 0.5) is 0 Å². The third-order valence-corrected chi connectivity index (χ3v) is 4.90. The van der Waals surface area contributed by atoms with Gasteiger partial charge in [0.1, 0.15) is 11.2 Å². The third-order valence-electron chi connectivity index (χ3n) is 4.31. The minimum absolute atomic E-state index is 0.0126. The first-order valence-electron chi connectivity index (χ1n) is 8.05. The zero-order valence-electron chi connectivity index (χ0n) is 15.0. The van der Waals surface area contributed by atoms with Gasteiger partial charge < -0.3 is 13.6 Å². The van der Waals surface area contributed by atoms with E-state index < -0.39 is 15.7 Å². The lowest BCUT2D eigenvalue weighted by molar-refractivity contribution is 0.0892. The molecule has 0 saturated carbocycles. The molecule has 2 aromatic heterocycles. The van der Waals surface area contributed by atoms with Gasteiger partial charge in [0.2, 0.25) is 0 Å². The lowest BCUT2D eigenvalue weighted by Crippen LogP contribution is -2.15. The molecule has 2 heterocycles. The second kappa shape index (κ2) is 6.86. The highest BCUT2D eigenvalue weighted by atomic mass is 32.2. The zero-order valence-corrected chi connectivity index (χ0v) is 15.9.